The van der Waals surface area contributed by atoms with Crippen LogP contribution in [0.15, 0.2) is 42.7 Å². The number of aryl methyl sites for hydroxylation is 1. The standard InChI is InChI=1S/C17H19N5O2.C14H18N4O3/c1-9-11(6-10-7-12(23-2)4-5-13(10)24-3)8-20-16-14(9)15(18)21-17(19)22-16;1-19-10-5-8(6-11(20-2)12(10)21-3)4-9-7-17-14(16)18-13(9)15/h4-5,7-8H,6H2,1-3H3,(H4,18,19,20,21,22);5-7H,4H2,1-3H3,(H4,15,16,17,18). The average molecular weight is 616 g/mol. The molecule has 45 heavy (non-hydrogen) atoms. The number of benzene rings is 2. The summed E-state index contributed by atoms with van der Waals surface area (Å²) in [4.78, 5) is 20.4. The summed E-state index contributed by atoms with van der Waals surface area (Å²) in [5.74, 6) is 4.24. The number of ether oxygens (including phenoxy) is 5. The fraction of sp³-hybridized carbons (Fsp3) is 0.258. The van der Waals surface area contributed by atoms with Gasteiger partial charge in [-0.1, -0.05) is 0 Å². The third-order valence-electron chi connectivity index (χ3n) is 7.04. The molecule has 0 aliphatic carbocycles. The summed E-state index contributed by atoms with van der Waals surface area (Å²) in [6, 6.07) is 9.41. The predicted molar refractivity (Wildman–Crippen MR) is 173 cm³/mol. The lowest BCUT2D eigenvalue weighted by atomic mass is 9.99. The van der Waals surface area contributed by atoms with Gasteiger partial charge in [0.05, 0.1) is 40.9 Å². The summed E-state index contributed by atoms with van der Waals surface area (Å²) in [6.45, 7) is 1.97. The Morgan fingerprint density at radius 2 is 1.24 bits per heavy atom. The van der Waals surface area contributed by atoms with Crippen molar-refractivity contribution in [2.75, 3.05) is 58.5 Å². The molecule has 0 atom stereocenters. The Hall–Kier alpha value is -5.79. The minimum atomic E-state index is 0.120. The number of nitrogen functional groups attached to an aromatic ring is 4. The first-order valence-electron chi connectivity index (χ1n) is 13.7. The molecule has 14 nitrogen and oxygen atoms in total. The molecule has 0 aliphatic heterocycles. The number of nitrogens with zero attached hydrogens (tertiary/aromatic N) is 5. The lowest BCUT2D eigenvalue weighted by molar-refractivity contribution is 0.324. The molecule has 2 aromatic carbocycles. The zero-order valence-corrected chi connectivity index (χ0v) is 26.0. The van der Waals surface area contributed by atoms with Gasteiger partial charge >= 0.3 is 0 Å². The van der Waals surface area contributed by atoms with E-state index in [1.807, 2.05) is 37.3 Å². The van der Waals surface area contributed by atoms with Gasteiger partial charge in [0, 0.05) is 36.4 Å². The predicted octanol–water partition coefficient (Wildman–Crippen LogP) is 3.36. The van der Waals surface area contributed by atoms with Crippen molar-refractivity contribution < 1.29 is 23.7 Å². The number of rotatable bonds is 9. The number of fused-ring (bicyclic) bond motifs is 1. The van der Waals surface area contributed by atoms with Crippen LogP contribution in [0.25, 0.3) is 11.0 Å². The van der Waals surface area contributed by atoms with Crippen LogP contribution in [0, 0.1) is 6.92 Å². The van der Waals surface area contributed by atoms with Gasteiger partial charge in [-0.05, 0) is 53.9 Å². The first-order chi connectivity index (χ1) is 21.6. The van der Waals surface area contributed by atoms with E-state index in [9.17, 15) is 0 Å². The third kappa shape index (κ3) is 7.24. The molecule has 0 amide bonds. The van der Waals surface area contributed by atoms with E-state index in [0.717, 1.165) is 44.7 Å². The van der Waals surface area contributed by atoms with Crippen molar-refractivity contribution in [3.8, 4) is 28.7 Å². The number of aromatic nitrogens is 5. The molecule has 3 aromatic heterocycles. The van der Waals surface area contributed by atoms with Gasteiger partial charge in [-0.15, -0.1) is 0 Å². The van der Waals surface area contributed by atoms with Crippen LogP contribution < -0.4 is 46.6 Å². The van der Waals surface area contributed by atoms with E-state index >= 15 is 0 Å². The molecule has 8 N–H and O–H groups in total. The monoisotopic (exact) mass is 615 g/mol. The van der Waals surface area contributed by atoms with E-state index in [-0.39, 0.29) is 11.9 Å². The molecular formula is C31H37N9O5. The number of nitrogens with two attached hydrogens (primary N) is 4. The molecule has 0 saturated heterocycles. The first kappa shape index (κ1) is 32.1. The van der Waals surface area contributed by atoms with Crippen LogP contribution in [0.2, 0.25) is 0 Å². The minimum absolute atomic E-state index is 0.120. The van der Waals surface area contributed by atoms with Crippen molar-refractivity contribution in [3.63, 3.8) is 0 Å². The molecule has 0 bridgehead atoms. The highest BCUT2D eigenvalue weighted by Gasteiger charge is 2.16. The molecular weight excluding hydrogens is 578 g/mol. The number of hydrogen-bond donors (Lipinski definition) is 4. The molecule has 0 unspecified atom stereocenters. The van der Waals surface area contributed by atoms with Crippen LogP contribution in [0.4, 0.5) is 23.5 Å². The molecule has 0 fully saturated rings. The van der Waals surface area contributed by atoms with E-state index in [0.29, 0.717) is 47.4 Å². The highest BCUT2D eigenvalue weighted by Crippen LogP contribution is 2.39. The average Bonchev–Trinajstić information content (AvgIpc) is 3.03. The van der Waals surface area contributed by atoms with Crippen molar-refractivity contribution in [3.05, 3.63) is 70.5 Å². The van der Waals surface area contributed by atoms with Crippen molar-refractivity contribution in [2.45, 2.75) is 19.8 Å². The summed E-state index contributed by atoms with van der Waals surface area (Å²) < 4.78 is 26.7. The van der Waals surface area contributed by atoms with Gasteiger partial charge in [0.1, 0.15) is 23.1 Å². The van der Waals surface area contributed by atoms with E-state index in [2.05, 4.69) is 24.9 Å². The van der Waals surface area contributed by atoms with E-state index < -0.39 is 0 Å². The Morgan fingerprint density at radius 3 is 1.84 bits per heavy atom. The molecule has 3 heterocycles. The summed E-state index contributed by atoms with van der Waals surface area (Å²) >= 11 is 0. The fourth-order valence-electron chi connectivity index (χ4n) is 4.76. The highest BCUT2D eigenvalue weighted by atomic mass is 16.5. The van der Waals surface area contributed by atoms with Crippen molar-refractivity contribution in [2.24, 2.45) is 0 Å². The Morgan fingerprint density at radius 1 is 0.600 bits per heavy atom. The Bertz CT molecular complexity index is 1790. The van der Waals surface area contributed by atoms with E-state index in [1.165, 1.54) is 0 Å². The molecule has 0 radical (unpaired) electrons. The van der Waals surface area contributed by atoms with Crippen LogP contribution in [0.5, 0.6) is 28.7 Å². The zero-order chi connectivity index (χ0) is 32.7. The maximum absolute atomic E-state index is 6.01. The van der Waals surface area contributed by atoms with E-state index in [1.54, 1.807) is 47.9 Å². The van der Waals surface area contributed by atoms with Crippen LogP contribution in [0.3, 0.4) is 0 Å². The van der Waals surface area contributed by atoms with Crippen LogP contribution >= 0.6 is 0 Å². The normalized spacial score (nSPS) is 10.5. The molecule has 236 valence electrons. The molecule has 0 aliphatic rings. The second kappa shape index (κ2) is 14.1. The Kier molecular flexibility index (Phi) is 10.1. The summed E-state index contributed by atoms with van der Waals surface area (Å²) in [6.07, 6.45) is 4.55. The molecule has 0 saturated carbocycles. The Labute approximate surface area is 260 Å². The van der Waals surface area contributed by atoms with Gasteiger partial charge in [-0.25, -0.2) is 9.97 Å². The molecule has 5 rings (SSSR count). The minimum Gasteiger partial charge on any atom is -0.497 e. The van der Waals surface area contributed by atoms with Gasteiger partial charge in [0.25, 0.3) is 0 Å². The second-order valence-electron chi connectivity index (χ2n) is 9.78. The van der Waals surface area contributed by atoms with Crippen molar-refractivity contribution in [1.82, 2.24) is 24.9 Å². The number of hydrogen-bond acceptors (Lipinski definition) is 14. The zero-order valence-electron chi connectivity index (χ0n) is 26.0. The lowest BCUT2D eigenvalue weighted by Crippen LogP contribution is -2.05. The first-order valence-corrected chi connectivity index (χ1v) is 13.7. The molecule has 5 aromatic rings. The maximum Gasteiger partial charge on any atom is 0.224 e. The van der Waals surface area contributed by atoms with Crippen LogP contribution in [-0.4, -0.2) is 60.5 Å². The van der Waals surface area contributed by atoms with Gasteiger partial charge < -0.3 is 46.6 Å². The number of methoxy groups -OCH3 is 5. The van der Waals surface area contributed by atoms with Gasteiger partial charge in [0.15, 0.2) is 17.1 Å². The number of anilines is 4. The SMILES string of the molecule is COc1cc(Cc2cnc(N)nc2N)cc(OC)c1OC.COc1ccc(OC)c(Cc2cnc3nc(N)nc(N)c3c2C)c1. The fourth-order valence-corrected chi connectivity index (χ4v) is 4.76. The van der Waals surface area contributed by atoms with Crippen LogP contribution in [-0.2, 0) is 12.8 Å². The highest BCUT2D eigenvalue weighted by molar-refractivity contribution is 5.90. The van der Waals surface area contributed by atoms with E-state index in [4.69, 9.17) is 46.6 Å². The lowest BCUT2D eigenvalue weighted by Gasteiger charge is -2.14. The maximum atomic E-state index is 6.01. The summed E-state index contributed by atoms with van der Waals surface area (Å²) in [7, 11) is 7.98. The summed E-state index contributed by atoms with van der Waals surface area (Å²) in [5, 5.41) is 0.726. The van der Waals surface area contributed by atoms with Gasteiger partial charge in [-0.3, -0.25) is 0 Å². The van der Waals surface area contributed by atoms with Crippen molar-refractivity contribution in [1.29, 1.82) is 0 Å². The topological polar surface area (TPSA) is 215 Å². The van der Waals surface area contributed by atoms with Crippen LogP contribution in [0.1, 0.15) is 27.8 Å². The number of pyridine rings is 1. The quantitative estimate of drug-likeness (QED) is 0.187. The second-order valence-corrected chi connectivity index (χ2v) is 9.78. The Balaban J connectivity index is 0.000000207. The molecule has 14 heteroatoms. The van der Waals surface area contributed by atoms with Gasteiger partial charge in [0.2, 0.25) is 17.6 Å². The third-order valence-corrected chi connectivity index (χ3v) is 7.04. The van der Waals surface area contributed by atoms with Crippen molar-refractivity contribution >= 4 is 34.6 Å². The molecule has 0 spiro atoms. The van der Waals surface area contributed by atoms with Gasteiger partial charge in [-0.2, -0.15) is 15.0 Å². The largest absolute Gasteiger partial charge is 0.497 e. The smallest absolute Gasteiger partial charge is 0.224 e. The summed E-state index contributed by atoms with van der Waals surface area (Å²) in [5.41, 5.74) is 28.2.